The molecule has 0 amide bonds. The maximum atomic E-state index is 10.9. The van der Waals surface area contributed by atoms with E-state index in [4.69, 9.17) is 28.4 Å². The molecule has 19 heavy (non-hydrogen) atoms. The van der Waals surface area contributed by atoms with Crippen molar-refractivity contribution in [2.45, 2.75) is 37.6 Å². The van der Waals surface area contributed by atoms with Gasteiger partial charge in [0.15, 0.2) is 6.29 Å². The fourth-order valence-electron chi connectivity index (χ4n) is 2.20. The molecule has 0 N–H and O–H groups in total. The maximum Gasteiger partial charge on any atom is 0.302 e. The van der Waals surface area contributed by atoms with Gasteiger partial charge in [0.25, 0.3) is 0 Å². The van der Waals surface area contributed by atoms with Crippen molar-refractivity contribution in [2.24, 2.45) is 0 Å². The van der Waals surface area contributed by atoms with E-state index in [-0.39, 0.29) is 18.7 Å². The van der Waals surface area contributed by atoms with Gasteiger partial charge in [0.1, 0.15) is 31.0 Å². The molecule has 1 heterocycles. The maximum absolute atomic E-state index is 10.9. The second-order valence-electron chi connectivity index (χ2n) is 4.18. The molecule has 0 aliphatic carbocycles. The van der Waals surface area contributed by atoms with Gasteiger partial charge in [-0.25, -0.2) is 0 Å². The highest BCUT2D eigenvalue weighted by molar-refractivity contribution is 5.65. The highest BCUT2D eigenvalue weighted by Crippen LogP contribution is 2.27. The molecule has 0 unspecified atom stereocenters. The molecule has 0 aromatic carbocycles. The van der Waals surface area contributed by atoms with Gasteiger partial charge < -0.3 is 28.4 Å². The fraction of sp³-hybridized carbons (Fsp3) is 0.917. The summed E-state index contributed by atoms with van der Waals surface area (Å²) in [6.45, 7) is 1.41. The minimum absolute atomic E-state index is 0.0734. The molecule has 1 fully saturated rings. The summed E-state index contributed by atoms with van der Waals surface area (Å²) in [4.78, 5) is 10.9. The van der Waals surface area contributed by atoms with E-state index in [1.807, 2.05) is 0 Å². The first-order chi connectivity index (χ1) is 9.08. The average Bonchev–Trinajstić information content (AvgIpc) is 2.42. The van der Waals surface area contributed by atoms with E-state index in [0.717, 1.165) is 0 Å². The quantitative estimate of drug-likeness (QED) is 0.631. The molecular formula is C12H22O7. The molecule has 1 rings (SSSR count). The highest BCUT2D eigenvalue weighted by Gasteiger charge is 2.47. The van der Waals surface area contributed by atoms with Crippen LogP contribution < -0.4 is 0 Å². The van der Waals surface area contributed by atoms with Crippen molar-refractivity contribution >= 4 is 5.97 Å². The topological polar surface area (TPSA) is 72.5 Å². The van der Waals surface area contributed by atoms with Crippen molar-refractivity contribution in [2.75, 3.05) is 35.0 Å². The number of hydrogen-bond donors (Lipinski definition) is 0. The van der Waals surface area contributed by atoms with Gasteiger partial charge in [0.2, 0.25) is 0 Å². The number of ether oxygens (including phenoxy) is 6. The van der Waals surface area contributed by atoms with Crippen molar-refractivity contribution in [3.05, 3.63) is 0 Å². The molecule has 112 valence electrons. The molecule has 1 aliphatic rings. The number of rotatable bonds is 6. The van der Waals surface area contributed by atoms with Gasteiger partial charge in [-0.15, -0.1) is 0 Å². The number of carbonyl (C=O) groups excluding carboxylic acids is 1. The van der Waals surface area contributed by atoms with Crippen LogP contribution >= 0.6 is 0 Å². The zero-order valence-corrected chi connectivity index (χ0v) is 12.0. The number of hydrogen-bond acceptors (Lipinski definition) is 7. The summed E-state index contributed by atoms with van der Waals surface area (Å²) in [6, 6.07) is 0. The van der Waals surface area contributed by atoms with Gasteiger partial charge in [-0.2, -0.15) is 0 Å². The minimum atomic E-state index is -0.609. The third-order valence-electron chi connectivity index (χ3n) is 3.09. The lowest BCUT2D eigenvalue weighted by molar-refractivity contribution is -0.307. The summed E-state index contributed by atoms with van der Waals surface area (Å²) in [5.41, 5.74) is 0. The molecule has 7 heteroatoms. The summed E-state index contributed by atoms with van der Waals surface area (Å²) < 4.78 is 32.0. The van der Waals surface area contributed by atoms with Gasteiger partial charge >= 0.3 is 5.97 Å². The van der Waals surface area contributed by atoms with E-state index in [0.29, 0.717) is 0 Å². The molecule has 1 aliphatic heterocycles. The van der Waals surface area contributed by atoms with Crippen molar-refractivity contribution in [3.63, 3.8) is 0 Å². The average molecular weight is 278 g/mol. The Balaban J connectivity index is 2.82. The van der Waals surface area contributed by atoms with Crippen LogP contribution in [0.4, 0.5) is 0 Å². The van der Waals surface area contributed by atoms with Crippen molar-refractivity contribution in [1.82, 2.24) is 0 Å². The lowest BCUT2D eigenvalue weighted by atomic mass is 9.98. The van der Waals surface area contributed by atoms with Gasteiger partial charge in [0.05, 0.1) is 0 Å². The highest BCUT2D eigenvalue weighted by atomic mass is 16.7. The van der Waals surface area contributed by atoms with E-state index in [2.05, 4.69) is 0 Å². The number of esters is 1. The summed E-state index contributed by atoms with van der Waals surface area (Å²) >= 11 is 0. The SMILES string of the molecule is CO[C@@H]1O[C@H](COC(C)=O)[C@H](OC)[C@H](OC)[C@H]1OC. The van der Waals surface area contributed by atoms with Gasteiger partial charge in [0, 0.05) is 35.4 Å². The monoisotopic (exact) mass is 278 g/mol. The third kappa shape index (κ3) is 3.87. The first-order valence-electron chi connectivity index (χ1n) is 5.99. The molecule has 0 aromatic heterocycles. The van der Waals surface area contributed by atoms with Crippen LogP contribution in [-0.4, -0.2) is 71.7 Å². The molecule has 0 bridgehead atoms. The zero-order valence-electron chi connectivity index (χ0n) is 12.0. The molecule has 0 saturated carbocycles. The van der Waals surface area contributed by atoms with Crippen LogP contribution in [0.15, 0.2) is 0 Å². The Bertz CT molecular complexity index is 283. The van der Waals surface area contributed by atoms with Gasteiger partial charge in [-0.05, 0) is 0 Å². The predicted molar refractivity (Wildman–Crippen MR) is 64.7 cm³/mol. The van der Waals surface area contributed by atoms with Crippen LogP contribution in [0.2, 0.25) is 0 Å². The van der Waals surface area contributed by atoms with Crippen LogP contribution in [0.5, 0.6) is 0 Å². The Morgan fingerprint density at radius 1 is 0.947 bits per heavy atom. The molecule has 1 saturated heterocycles. The molecule has 7 nitrogen and oxygen atoms in total. The molecule has 0 radical (unpaired) electrons. The zero-order chi connectivity index (χ0) is 14.4. The Labute approximate surface area is 113 Å². The van der Waals surface area contributed by atoms with Crippen LogP contribution in [0, 0.1) is 0 Å². The largest absolute Gasteiger partial charge is 0.463 e. The Morgan fingerprint density at radius 3 is 1.95 bits per heavy atom. The van der Waals surface area contributed by atoms with E-state index in [9.17, 15) is 4.79 Å². The van der Waals surface area contributed by atoms with Crippen LogP contribution in [0.3, 0.4) is 0 Å². The normalized spacial score (nSPS) is 35.1. The summed E-state index contributed by atoms with van der Waals surface area (Å²) in [5.74, 6) is -0.379. The smallest absolute Gasteiger partial charge is 0.302 e. The van der Waals surface area contributed by atoms with Crippen molar-refractivity contribution < 1.29 is 33.2 Å². The second kappa shape index (κ2) is 7.76. The number of methoxy groups -OCH3 is 4. The Hall–Kier alpha value is -0.730. The lowest BCUT2D eigenvalue weighted by Gasteiger charge is -2.43. The fourth-order valence-corrected chi connectivity index (χ4v) is 2.20. The van der Waals surface area contributed by atoms with E-state index >= 15 is 0 Å². The van der Waals surface area contributed by atoms with Crippen LogP contribution in [-0.2, 0) is 33.2 Å². The molecule has 0 spiro atoms. The van der Waals surface area contributed by atoms with E-state index in [1.54, 1.807) is 21.3 Å². The Kier molecular flexibility index (Phi) is 6.67. The summed E-state index contributed by atoms with van der Waals surface area (Å²) in [6.07, 6.45) is -2.31. The lowest BCUT2D eigenvalue weighted by Crippen LogP contribution is -2.61. The van der Waals surface area contributed by atoms with Crippen molar-refractivity contribution in [3.8, 4) is 0 Å². The molecular weight excluding hydrogens is 256 g/mol. The molecule has 0 aromatic rings. The van der Waals surface area contributed by atoms with E-state index in [1.165, 1.54) is 14.0 Å². The standard InChI is InChI=1S/C12H22O7/c1-7(13)18-6-8-9(14-2)10(15-3)11(16-4)12(17-5)19-8/h8-12H,6H2,1-5H3/t8-,9+,10+,11-,12-/m1/s1. The third-order valence-corrected chi connectivity index (χ3v) is 3.09. The first-order valence-corrected chi connectivity index (χ1v) is 5.99. The van der Waals surface area contributed by atoms with Crippen LogP contribution in [0.1, 0.15) is 6.92 Å². The first kappa shape index (κ1) is 16.3. The Morgan fingerprint density at radius 2 is 1.53 bits per heavy atom. The van der Waals surface area contributed by atoms with Gasteiger partial charge in [-0.3, -0.25) is 4.79 Å². The van der Waals surface area contributed by atoms with Gasteiger partial charge in [-0.1, -0.05) is 0 Å². The number of carbonyl (C=O) groups is 1. The summed E-state index contributed by atoms with van der Waals surface area (Å²) in [7, 11) is 6.16. The minimum Gasteiger partial charge on any atom is -0.463 e. The van der Waals surface area contributed by atoms with Crippen LogP contribution in [0.25, 0.3) is 0 Å². The predicted octanol–water partition coefficient (Wildman–Crippen LogP) is -0.0342. The van der Waals surface area contributed by atoms with Crippen molar-refractivity contribution in [1.29, 1.82) is 0 Å². The second-order valence-corrected chi connectivity index (χ2v) is 4.18. The van der Waals surface area contributed by atoms with E-state index < -0.39 is 24.6 Å². The molecule has 5 atom stereocenters. The summed E-state index contributed by atoms with van der Waals surface area (Å²) in [5, 5.41) is 0.